The lowest BCUT2D eigenvalue weighted by atomic mass is 9.92. The number of carbonyl (C=O) groups excluding carboxylic acids is 1. The van der Waals surface area contributed by atoms with E-state index in [2.05, 4.69) is 17.4 Å². The first-order valence-electron chi connectivity index (χ1n) is 8.99. The molecule has 5 heteroatoms. The van der Waals surface area contributed by atoms with Gasteiger partial charge in [0.25, 0.3) is 5.91 Å². The number of benzene rings is 1. The molecule has 4 rings (SSSR count). The maximum atomic E-state index is 13.1. The lowest BCUT2D eigenvalue weighted by Crippen LogP contribution is -2.32. The molecule has 2 aliphatic rings. The van der Waals surface area contributed by atoms with E-state index in [-0.39, 0.29) is 5.91 Å². The first-order valence-corrected chi connectivity index (χ1v) is 9.81. The molecule has 0 saturated carbocycles. The molecule has 2 saturated heterocycles. The molecule has 0 bridgehead atoms. The molecule has 1 aromatic heterocycles. The third-order valence-corrected chi connectivity index (χ3v) is 6.63. The summed E-state index contributed by atoms with van der Waals surface area (Å²) >= 11 is 1.54. The van der Waals surface area contributed by atoms with Crippen molar-refractivity contribution in [3.63, 3.8) is 0 Å². The van der Waals surface area contributed by atoms with Crippen molar-refractivity contribution in [2.24, 2.45) is 11.8 Å². The van der Waals surface area contributed by atoms with Gasteiger partial charge in [0.15, 0.2) is 0 Å². The van der Waals surface area contributed by atoms with Crippen LogP contribution in [-0.2, 0) is 0 Å². The third-order valence-electron chi connectivity index (χ3n) is 5.48. The number of nitrogens with one attached hydrogen (secondary N) is 1. The summed E-state index contributed by atoms with van der Waals surface area (Å²) in [7, 11) is 1.64. The number of nitrogens with zero attached hydrogens (tertiary/aromatic N) is 1. The molecule has 2 aliphatic heterocycles. The number of ether oxygens (including phenoxy) is 1. The average Bonchev–Trinajstić information content (AvgIpc) is 3.24. The van der Waals surface area contributed by atoms with Crippen LogP contribution in [0.2, 0.25) is 0 Å². The summed E-state index contributed by atoms with van der Waals surface area (Å²) in [4.78, 5) is 17.0. The van der Waals surface area contributed by atoms with Crippen molar-refractivity contribution >= 4 is 17.2 Å². The Morgan fingerprint density at radius 1 is 1.16 bits per heavy atom. The monoisotopic (exact) mass is 356 g/mol. The number of amides is 1. The SMILES string of the molecule is COc1cc(-c2ccccc2)sc1C(=O)N1CC[C@@H]2CNC[C@@H]2CC1. The lowest BCUT2D eigenvalue weighted by molar-refractivity contribution is 0.0760. The molecule has 2 fully saturated rings. The smallest absolute Gasteiger partial charge is 0.267 e. The van der Waals surface area contributed by atoms with Gasteiger partial charge in [0, 0.05) is 18.0 Å². The molecule has 1 amide bonds. The molecule has 25 heavy (non-hydrogen) atoms. The second kappa shape index (κ2) is 7.18. The Hall–Kier alpha value is -1.85. The molecule has 1 aromatic carbocycles. The third kappa shape index (κ3) is 3.31. The van der Waals surface area contributed by atoms with E-state index in [9.17, 15) is 4.79 Å². The molecule has 2 aromatic rings. The van der Waals surface area contributed by atoms with Crippen molar-refractivity contribution in [1.29, 1.82) is 0 Å². The Labute approximate surface area is 152 Å². The normalized spacial score (nSPS) is 23.2. The van der Waals surface area contributed by atoms with Crippen molar-refractivity contribution in [1.82, 2.24) is 10.2 Å². The first-order chi connectivity index (χ1) is 12.3. The largest absolute Gasteiger partial charge is 0.495 e. The van der Waals surface area contributed by atoms with Crippen LogP contribution in [0.5, 0.6) is 5.75 Å². The Morgan fingerprint density at radius 2 is 1.84 bits per heavy atom. The van der Waals surface area contributed by atoms with Crippen LogP contribution < -0.4 is 10.1 Å². The van der Waals surface area contributed by atoms with Crippen LogP contribution in [0, 0.1) is 11.8 Å². The predicted octanol–water partition coefficient (Wildman–Crippen LogP) is 3.50. The zero-order valence-electron chi connectivity index (χ0n) is 14.5. The van der Waals surface area contributed by atoms with E-state index >= 15 is 0 Å². The van der Waals surface area contributed by atoms with Gasteiger partial charge in [-0.15, -0.1) is 11.3 Å². The van der Waals surface area contributed by atoms with Gasteiger partial charge in [-0.2, -0.15) is 0 Å². The highest BCUT2D eigenvalue weighted by Crippen LogP contribution is 2.37. The molecule has 0 aliphatic carbocycles. The number of fused-ring (bicyclic) bond motifs is 1. The number of methoxy groups -OCH3 is 1. The highest BCUT2D eigenvalue weighted by molar-refractivity contribution is 7.17. The first kappa shape index (κ1) is 16.6. The molecule has 4 nitrogen and oxygen atoms in total. The maximum Gasteiger partial charge on any atom is 0.267 e. The fourth-order valence-electron chi connectivity index (χ4n) is 3.98. The van der Waals surface area contributed by atoms with Gasteiger partial charge in [-0.25, -0.2) is 0 Å². The minimum absolute atomic E-state index is 0.122. The van der Waals surface area contributed by atoms with Gasteiger partial charge < -0.3 is 15.0 Å². The van der Waals surface area contributed by atoms with Gasteiger partial charge in [-0.1, -0.05) is 30.3 Å². The Bertz CT molecular complexity index is 729. The van der Waals surface area contributed by atoms with Crippen LogP contribution in [0.15, 0.2) is 36.4 Å². The molecule has 2 atom stereocenters. The summed E-state index contributed by atoms with van der Waals surface area (Å²) < 4.78 is 5.52. The van der Waals surface area contributed by atoms with E-state index in [4.69, 9.17) is 4.74 Å². The number of hydrogen-bond acceptors (Lipinski definition) is 4. The van der Waals surface area contributed by atoms with Gasteiger partial charge >= 0.3 is 0 Å². The Morgan fingerprint density at radius 3 is 2.48 bits per heavy atom. The summed E-state index contributed by atoms with van der Waals surface area (Å²) in [6.45, 7) is 3.91. The van der Waals surface area contributed by atoms with E-state index in [1.165, 1.54) is 11.3 Å². The van der Waals surface area contributed by atoms with Crippen molar-refractivity contribution in [3.8, 4) is 16.2 Å². The zero-order valence-corrected chi connectivity index (χ0v) is 15.3. The molecule has 1 N–H and O–H groups in total. The van der Waals surface area contributed by atoms with E-state index in [0.29, 0.717) is 5.75 Å². The van der Waals surface area contributed by atoms with E-state index in [1.807, 2.05) is 29.2 Å². The van der Waals surface area contributed by atoms with Crippen LogP contribution in [0.3, 0.4) is 0 Å². The van der Waals surface area contributed by atoms with Gasteiger partial charge in [0.1, 0.15) is 10.6 Å². The summed E-state index contributed by atoms with van der Waals surface area (Å²) in [5, 5.41) is 3.49. The summed E-state index contributed by atoms with van der Waals surface area (Å²) in [6, 6.07) is 12.2. The highest BCUT2D eigenvalue weighted by atomic mass is 32.1. The number of hydrogen-bond donors (Lipinski definition) is 1. The molecule has 3 heterocycles. The van der Waals surface area contributed by atoms with Crippen LogP contribution in [0.25, 0.3) is 10.4 Å². The Balaban J connectivity index is 1.56. The van der Waals surface area contributed by atoms with Gasteiger partial charge in [-0.3, -0.25) is 4.79 Å². The lowest BCUT2D eigenvalue weighted by Gasteiger charge is -2.20. The van der Waals surface area contributed by atoms with E-state index in [0.717, 1.165) is 66.2 Å². The van der Waals surface area contributed by atoms with Crippen molar-refractivity contribution < 1.29 is 9.53 Å². The molecular weight excluding hydrogens is 332 g/mol. The van der Waals surface area contributed by atoms with Gasteiger partial charge in [0.2, 0.25) is 0 Å². The predicted molar refractivity (Wildman–Crippen MR) is 101 cm³/mol. The second-order valence-electron chi connectivity index (χ2n) is 6.92. The minimum atomic E-state index is 0.122. The average molecular weight is 356 g/mol. The van der Waals surface area contributed by atoms with Crippen molar-refractivity contribution in [3.05, 3.63) is 41.3 Å². The van der Waals surface area contributed by atoms with Gasteiger partial charge in [-0.05, 0) is 49.4 Å². The van der Waals surface area contributed by atoms with Gasteiger partial charge in [0.05, 0.1) is 7.11 Å². The van der Waals surface area contributed by atoms with Crippen molar-refractivity contribution in [2.45, 2.75) is 12.8 Å². The number of likely N-dealkylation sites (tertiary alicyclic amines) is 1. The highest BCUT2D eigenvalue weighted by Gasteiger charge is 2.32. The molecular formula is C20H24N2O2S. The maximum absolute atomic E-state index is 13.1. The van der Waals surface area contributed by atoms with Crippen molar-refractivity contribution in [2.75, 3.05) is 33.3 Å². The van der Waals surface area contributed by atoms with Crippen LogP contribution in [0.1, 0.15) is 22.5 Å². The zero-order chi connectivity index (χ0) is 17.2. The standard InChI is InChI=1S/C20H24N2O2S/c1-24-17-11-18(14-5-3-2-4-6-14)25-19(17)20(23)22-9-7-15-12-21-13-16(15)8-10-22/h2-6,11,15-16,21H,7-10,12-13H2,1H3/t15-,16+. The van der Waals surface area contributed by atoms with Crippen LogP contribution in [-0.4, -0.2) is 44.1 Å². The second-order valence-corrected chi connectivity index (χ2v) is 7.97. The fraction of sp³-hybridized carbons (Fsp3) is 0.450. The fourth-order valence-corrected chi connectivity index (χ4v) is 5.08. The summed E-state index contributed by atoms with van der Waals surface area (Å²) in [5.41, 5.74) is 1.13. The van der Waals surface area contributed by atoms with E-state index < -0.39 is 0 Å². The molecule has 0 radical (unpaired) electrons. The molecule has 132 valence electrons. The van der Waals surface area contributed by atoms with Crippen LogP contribution in [0.4, 0.5) is 0 Å². The minimum Gasteiger partial charge on any atom is -0.495 e. The molecule has 0 spiro atoms. The van der Waals surface area contributed by atoms with Crippen LogP contribution >= 0.6 is 11.3 Å². The number of thiophene rings is 1. The molecule has 0 unspecified atom stereocenters. The topological polar surface area (TPSA) is 41.6 Å². The summed E-state index contributed by atoms with van der Waals surface area (Å²) in [6.07, 6.45) is 2.20. The quantitative estimate of drug-likeness (QED) is 0.915. The Kier molecular flexibility index (Phi) is 4.77. The number of carbonyl (C=O) groups is 1. The summed E-state index contributed by atoms with van der Waals surface area (Å²) in [5.74, 6) is 2.27. The number of rotatable bonds is 3. The van der Waals surface area contributed by atoms with E-state index in [1.54, 1.807) is 7.11 Å².